The lowest BCUT2D eigenvalue weighted by molar-refractivity contribution is 0.327. The first-order valence-electron chi connectivity index (χ1n) is 7.11. The Labute approximate surface area is 120 Å². The molecule has 1 atom stereocenters. The normalized spacial score (nSPS) is 21.5. The highest BCUT2D eigenvalue weighted by Gasteiger charge is 2.25. The molecule has 1 aliphatic rings. The van der Waals surface area contributed by atoms with Gasteiger partial charge in [-0.1, -0.05) is 25.4 Å². The van der Waals surface area contributed by atoms with Crippen LogP contribution < -0.4 is 4.90 Å². The molecule has 1 unspecified atom stereocenters. The Kier molecular flexibility index (Phi) is 4.99. The molecule has 0 aromatic carbocycles. The Hall–Kier alpha value is -0.870. The van der Waals surface area contributed by atoms with Gasteiger partial charge in [-0.05, 0) is 32.9 Å². The molecule has 106 valence electrons. The summed E-state index contributed by atoms with van der Waals surface area (Å²) in [6.07, 6.45) is 4.74. The zero-order chi connectivity index (χ0) is 13.8. The number of aromatic nitrogens is 2. The molecular weight excluding hydrogens is 260 g/mol. The molecule has 0 aliphatic carbocycles. The number of nitrogens with zero attached hydrogens (tertiary/aromatic N) is 4. The second kappa shape index (κ2) is 6.53. The Bertz CT molecular complexity index is 424. The minimum absolute atomic E-state index is 0.503. The zero-order valence-electron chi connectivity index (χ0n) is 12.1. The number of anilines is 1. The van der Waals surface area contributed by atoms with Crippen molar-refractivity contribution in [1.82, 2.24) is 14.9 Å². The van der Waals surface area contributed by atoms with Gasteiger partial charge in [0, 0.05) is 24.7 Å². The second-order valence-corrected chi connectivity index (χ2v) is 5.55. The molecule has 1 aliphatic heterocycles. The number of halogens is 1. The second-order valence-electron chi connectivity index (χ2n) is 5.19. The van der Waals surface area contributed by atoms with Crippen molar-refractivity contribution in [3.05, 3.63) is 17.0 Å². The van der Waals surface area contributed by atoms with Gasteiger partial charge in [0.05, 0.1) is 0 Å². The summed E-state index contributed by atoms with van der Waals surface area (Å²) >= 11 is 6.22. The lowest BCUT2D eigenvalue weighted by Gasteiger charge is -2.32. The molecule has 2 heterocycles. The van der Waals surface area contributed by atoms with E-state index in [4.69, 9.17) is 11.6 Å². The molecular formula is C14H23ClN4. The van der Waals surface area contributed by atoms with Crippen LogP contribution in [-0.4, -0.2) is 47.6 Å². The van der Waals surface area contributed by atoms with Crippen molar-refractivity contribution in [1.29, 1.82) is 0 Å². The summed E-state index contributed by atoms with van der Waals surface area (Å²) < 4.78 is 0. The first kappa shape index (κ1) is 14.5. The molecule has 5 heteroatoms. The van der Waals surface area contributed by atoms with Crippen LogP contribution in [0.1, 0.15) is 32.3 Å². The molecule has 4 nitrogen and oxygen atoms in total. The minimum Gasteiger partial charge on any atom is -0.352 e. The molecule has 0 bridgehead atoms. The van der Waals surface area contributed by atoms with Crippen molar-refractivity contribution >= 4 is 17.4 Å². The molecule has 1 fully saturated rings. The number of likely N-dealkylation sites (N-methyl/N-ethyl adjacent to an activating group) is 1. The Morgan fingerprint density at radius 1 is 1.32 bits per heavy atom. The third-order valence-electron chi connectivity index (χ3n) is 3.87. The SMILES string of the molecule is CCc1c(Cl)ncnc1N1CCCN(C)CC1CC. The first-order valence-corrected chi connectivity index (χ1v) is 7.49. The van der Waals surface area contributed by atoms with Crippen molar-refractivity contribution in [3.63, 3.8) is 0 Å². The van der Waals surface area contributed by atoms with Crippen LogP contribution in [0.5, 0.6) is 0 Å². The van der Waals surface area contributed by atoms with Crippen LogP contribution in [0.3, 0.4) is 0 Å². The molecule has 1 aromatic heterocycles. The Balaban J connectivity index is 2.35. The van der Waals surface area contributed by atoms with Crippen molar-refractivity contribution in [2.75, 3.05) is 31.6 Å². The molecule has 2 rings (SSSR count). The summed E-state index contributed by atoms with van der Waals surface area (Å²) in [6.45, 7) is 7.63. The summed E-state index contributed by atoms with van der Waals surface area (Å²) in [6, 6.07) is 0.503. The smallest absolute Gasteiger partial charge is 0.137 e. The van der Waals surface area contributed by atoms with Gasteiger partial charge in [-0.25, -0.2) is 9.97 Å². The highest BCUT2D eigenvalue weighted by atomic mass is 35.5. The topological polar surface area (TPSA) is 32.3 Å². The summed E-state index contributed by atoms with van der Waals surface area (Å²) in [5, 5.41) is 0.597. The van der Waals surface area contributed by atoms with E-state index in [0.717, 1.165) is 50.3 Å². The monoisotopic (exact) mass is 282 g/mol. The van der Waals surface area contributed by atoms with Crippen LogP contribution in [0.4, 0.5) is 5.82 Å². The van der Waals surface area contributed by atoms with E-state index in [0.29, 0.717) is 11.2 Å². The van der Waals surface area contributed by atoms with Crippen molar-refractivity contribution in [3.8, 4) is 0 Å². The van der Waals surface area contributed by atoms with Gasteiger partial charge < -0.3 is 9.80 Å². The lowest BCUT2D eigenvalue weighted by atomic mass is 10.1. The van der Waals surface area contributed by atoms with Crippen LogP contribution >= 0.6 is 11.6 Å². The van der Waals surface area contributed by atoms with Crippen molar-refractivity contribution in [2.24, 2.45) is 0 Å². The average Bonchev–Trinajstić information content (AvgIpc) is 2.59. The molecule has 1 saturated heterocycles. The molecule has 1 aromatic rings. The predicted molar refractivity (Wildman–Crippen MR) is 80.0 cm³/mol. The summed E-state index contributed by atoms with van der Waals surface area (Å²) in [7, 11) is 2.19. The van der Waals surface area contributed by atoms with Gasteiger partial charge in [0.25, 0.3) is 0 Å². The van der Waals surface area contributed by atoms with E-state index in [1.165, 1.54) is 0 Å². The van der Waals surface area contributed by atoms with E-state index < -0.39 is 0 Å². The maximum absolute atomic E-state index is 6.22. The largest absolute Gasteiger partial charge is 0.352 e. The Morgan fingerprint density at radius 2 is 2.11 bits per heavy atom. The van der Waals surface area contributed by atoms with Crippen LogP contribution in [0, 0.1) is 0 Å². The molecule has 0 amide bonds. The number of hydrogen-bond donors (Lipinski definition) is 0. The Morgan fingerprint density at radius 3 is 2.79 bits per heavy atom. The van der Waals surface area contributed by atoms with Crippen LogP contribution in [-0.2, 0) is 6.42 Å². The van der Waals surface area contributed by atoms with Crippen LogP contribution in [0.15, 0.2) is 6.33 Å². The highest BCUT2D eigenvalue weighted by molar-refractivity contribution is 6.30. The van der Waals surface area contributed by atoms with Gasteiger partial charge in [0.2, 0.25) is 0 Å². The van der Waals surface area contributed by atoms with Crippen molar-refractivity contribution < 1.29 is 0 Å². The molecule has 0 radical (unpaired) electrons. The highest BCUT2D eigenvalue weighted by Crippen LogP contribution is 2.27. The van der Waals surface area contributed by atoms with Crippen LogP contribution in [0.25, 0.3) is 0 Å². The molecule has 0 saturated carbocycles. The summed E-state index contributed by atoms with van der Waals surface area (Å²) in [5.74, 6) is 1.03. The third kappa shape index (κ3) is 3.18. The van der Waals surface area contributed by atoms with Gasteiger partial charge in [0.1, 0.15) is 17.3 Å². The number of hydrogen-bond acceptors (Lipinski definition) is 4. The van der Waals surface area contributed by atoms with E-state index in [1.807, 2.05) is 0 Å². The third-order valence-corrected chi connectivity index (χ3v) is 4.19. The average molecular weight is 283 g/mol. The fourth-order valence-electron chi connectivity index (χ4n) is 2.81. The van der Waals surface area contributed by atoms with Crippen LogP contribution in [0.2, 0.25) is 5.15 Å². The van der Waals surface area contributed by atoms with E-state index in [2.05, 4.69) is 40.7 Å². The molecule has 0 N–H and O–H groups in total. The quantitative estimate of drug-likeness (QED) is 0.798. The van der Waals surface area contributed by atoms with E-state index >= 15 is 0 Å². The van der Waals surface area contributed by atoms with Crippen molar-refractivity contribution in [2.45, 2.75) is 39.2 Å². The lowest BCUT2D eigenvalue weighted by Crippen LogP contribution is -2.40. The summed E-state index contributed by atoms with van der Waals surface area (Å²) in [4.78, 5) is 13.5. The van der Waals surface area contributed by atoms with Gasteiger partial charge in [0.15, 0.2) is 0 Å². The van der Waals surface area contributed by atoms with E-state index in [1.54, 1.807) is 6.33 Å². The minimum atomic E-state index is 0.503. The maximum Gasteiger partial charge on any atom is 0.137 e. The fourth-order valence-corrected chi connectivity index (χ4v) is 3.07. The maximum atomic E-state index is 6.22. The van der Waals surface area contributed by atoms with E-state index in [9.17, 15) is 0 Å². The predicted octanol–water partition coefficient (Wildman–Crippen LogP) is 2.61. The molecule has 0 spiro atoms. The van der Waals surface area contributed by atoms with Gasteiger partial charge in [-0.15, -0.1) is 0 Å². The standard InChI is InChI=1S/C14H23ClN4/c1-4-11-9-18(3)7-6-8-19(11)14-12(5-2)13(15)16-10-17-14/h10-11H,4-9H2,1-3H3. The van der Waals surface area contributed by atoms with Gasteiger partial charge >= 0.3 is 0 Å². The fraction of sp³-hybridized carbons (Fsp3) is 0.714. The molecule has 19 heavy (non-hydrogen) atoms. The summed E-state index contributed by atoms with van der Waals surface area (Å²) in [5.41, 5.74) is 1.08. The zero-order valence-corrected chi connectivity index (χ0v) is 12.8. The van der Waals surface area contributed by atoms with E-state index in [-0.39, 0.29) is 0 Å². The first-order chi connectivity index (χ1) is 9.17. The number of rotatable bonds is 3. The van der Waals surface area contributed by atoms with Gasteiger partial charge in [-0.3, -0.25) is 0 Å². The van der Waals surface area contributed by atoms with Gasteiger partial charge in [-0.2, -0.15) is 0 Å².